The predicted molar refractivity (Wildman–Crippen MR) is 124 cm³/mol. The number of benzene rings is 1. The largest absolute Gasteiger partial charge is 0.356 e. The van der Waals surface area contributed by atoms with Crippen LogP contribution < -0.4 is 10.6 Å². The summed E-state index contributed by atoms with van der Waals surface area (Å²) in [4.78, 5) is 6.94. The van der Waals surface area contributed by atoms with E-state index in [4.69, 9.17) is 0 Å². The Balaban J connectivity index is 0.00000338. The first-order valence-corrected chi connectivity index (χ1v) is 9.88. The van der Waals surface area contributed by atoms with E-state index in [0.29, 0.717) is 0 Å². The number of hydrogen-bond donors (Lipinski definition) is 2. The van der Waals surface area contributed by atoms with Gasteiger partial charge in [-0.3, -0.25) is 4.99 Å². The third-order valence-electron chi connectivity index (χ3n) is 4.96. The molecule has 1 aromatic rings. The van der Waals surface area contributed by atoms with Crippen LogP contribution in [0.4, 0.5) is 0 Å². The Hall–Kier alpha value is -0.820. The lowest BCUT2D eigenvalue weighted by Crippen LogP contribution is -2.40. The molecule has 0 bridgehead atoms. The molecule has 0 amide bonds. The summed E-state index contributed by atoms with van der Waals surface area (Å²) in [6, 6.07) is 10.8. The fraction of sp³-hybridized carbons (Fsp3) is 0.667. The number of guanidine groups is 1. The van der Waals surface area contributed by atoms with E-state index in [2.05, 4.69) is 64.7 Å². The van der Waals surface area contributed by atoms with E-state index >= 15 is 0 Å². The van der Waals surface area contributed by atoms with Gasteiger partial charge in [0.25, 0.3) is 0 Å². The lowest BCUT2D eigenvalue weighted by Gasteiger charge is -2.17. The Morgan fingerprint density at radius 1 is 1.23 bits per heavy atom. The van der Waals surface area contributed by atoms with Gasteiger partial charge < -0.3 is 15.5 Å². The second-order valence-electron chi connectivity index (χ2n) is 7.61. The maximum Gasteiger partial charge on any atom is 0.190 e. The molecule has 148 valence electrons. The van der Waals surface area contributed by atoms with E-state index in [0.717, 1.165) is 37.3 Å². The van der Waals surface area contributed by atoms with Crippen molar-refractivity contribution in [2.24, 2.45) is 16.8 Å². The summed E-state index contributed by atoms with van der Waals surface area (Å²) >= 11 is 0. The molecule has 1 fully saturated rings. The number of rotatable bonds is 9. The highest BCUT2D eigenvalue weighted by molar-refractivity contribution is 14.0. The van der Waals surface area contributed by atoms with Gasteiger partial charge in [0, 0.05) is 33.2 Å². The average molecular weight is 472 g/mol. The van der Waals surface area contributed by atoms with Crippen molar-refractivity contribution in [2.45, 2.75) is 39.5 Å². The van der Waals surface area contributed by atoms with E-state index in [-0.39, 0.29) is 24.0 Å². The van der Waals surface area contributed by atoms with Crippen LogP contribution in [0.5, 0.6) is 0 Å². The Morgan fingerprint density at radius 2 is 2.00 bits per heavy atom. The normalized spacial score (nSPS) is 18.0. The van der Waals surface area contributed by atoms with Gasteiger partial charge in [0.2, 0.25) is 0 Å². The van der Waals surface area contributed by atoms with Crippen molar-refractivity contribution < 1.29 is 0 Å². The molecule has 1 aliphatic rings. The fourth-order valence-corrected chi connectivity index (χ4v) is 3.39. The first-order valence-electron chi connectivity index (χ1n) is 9.88. The molecule has 0 aromatic heterocycles. The van der Waals surface area contributed by atoms with Gasteiger partial charge in [-0.05, 0) is 49.6 Å². The van der Waals surface area contributed by atoms with Gasteiger partial charge in [-0.1, -0.05) is 44.2 Å². The minimum absolute atomic E-state index is 0. The Kier molecular flexibility index (Phi) is 11.9. The molecule has 4 nitrogen and oxygen atoms in total. The minimum atomic E-state index is 0. The number of aliphatic imine (C=N–C) groups is 1. The zero-order valence-electron chi connectivity index (χ0n) is 16.7. The SMILES string of the molecule is CN=C(NCCCC(C)C)NCC1CCN(CCc2ccccc2)C1.I. The first kappa shape index (κ1) is 23.2. The van der Waals surface area contributed by atoms with Crippen LogP contribution in [-0.4, -0.2) is 50.6 Å². The second kappa shape index (κ2) is 13.4. The van der Waals surface area contributed by atoms with Gasteiger partial charge in [0.15, 0.2) is 5.96 Å². The number of nitrogens with one attached hydrogen (secondary N) is 2. The summed E-state index contributed by atoms with van der Waals surface area (Å²) in [7, 11) is 1.86. The maximum atomic E-state index is 4.34. The van der Waals surface area contributed by atoms with E-state index in [9.17, 15) is 0 Å². The summed E-state index contributed by atoms with van der Waals surface area (Å²) in [5, 5.41) is 6.94. The molecule has 0 spiro atoms. The zero-order chi connectivity index (χ0) is 17.9. The second-order valence-corrected chi connectivity index (χ2v) is 7.61. The number of likely N-dealkylation sites (tertiary alicyclic amines) is 1. The molecule has 26 heavy (non-hydrogen) atoms. The third kappa shape index (κ3) is 9.21. The van der Waals surface area contributed by atoms with Crippen LogP contribution in [0.1, 0.15) is 38.7 Å². The molecule has 0 aliphatic carbocycles. The van der Waals surface area contributed by atoms with Crippen LogP contribution in [0.15, 0.2) is 35.3 Å². The smallest absolute Gasteiger partial charge is 0.190 e. The maximum absolute atomic E-state index is 4.34. The molecule has 1 saturated heterocycles. The average Bonchev–Trinajstić information content (AvgIpc) is 3.08. The predicted octanol–water partition coefficient (Wildman–Crippen LogP) is 3.77. The third-order valence-corrected chi connectivity index (χ3v) is 4.96. The lowest BCUT2D eigenvalue weighted by atomic mass is 10.1. The summed E-state index contributed by atoms with van der Waals surface area (Å²) in [6.07, 6.45) is 4.91. The molecule has 1 heterocycles. The molecule has 1 aromatic carbocycles. The Labute approximate surface area is 177 Å². The topological polar surface area (TPSA) is 39.7 Å². The number of halogens is 1. The van der Waals surface area contributed by atoms with E-state index in [1.807, 2.05) is 7.05 Å². The van der Waals surface area contributed by atoms with Crippen molar-refractivity contribution in [2.75, 3.05) is 39.8 Å². The molecule has 2 N–H and O–H groups in total. The van der Waals surface area contributed by atoms with E-state index in [1.165, 1.54) is 44.5 Å². The summed E-state index contributed by atoms with van der Waals surface area (Å²) in [5.74, 6) is 2.45. The minimum Gasteiger partial charge on any atom is -0.356 e. The standard InChI is InChI=1S/C21H36N4.HI/c1-18(2)8-7-13-23-21(22-3)24-16-20-12-15-25(17-20)14-11-19-9-5-4-6-10-19;/h4-6,9-10,18,20H,7-8,11-17H2,1-3H3,(H2,22,23,24);1H. The van der Waals surface area contributed by atoms with Crippen molar-refractivity contribution in [1.29, 1.82) is 0 Å². The van der Waals surface area contributed by atoms with E-state index in [1.54, 1.807) is 0 Å². The van der Waals surface area contributed by atoms with Crippen LogP contribution in [0, 0.1) is 11.8 Å². The highest BCUT2D eigenvalue weighted by Crippen LogP contribution is 2.16. The number of hydrogen-bond acceptors (Lipinski definition) is 2. The van der Waals surface area contributed by atoms with Gasteiger partial charge in [-0.2, -0.15) is 0 Å². The van der Waals surface area contributed by atoms with Gasteiger partial charge in [0.1, 0.15) is 0 Å². The molecule has 1 aliphatic heterocycles. The van der Waals surface area contributed by atoms with Gasteiger partial charge >= 0.3 is 0 Å². The molecule has 1 unspecified atom stereocenters. The van der Waals surface area contributed by atoms with Crippen molar-refractivity contribution in [3.8, 4) is 0 Å². The van der Waals surface area contributed by atoms with Crippen LogP contribution in [0.2, 0.25) is 0 Å². The molecule has 1 atom stereocenters. The number of nitrogens with zero attached hydrogens (tertiary/aromatic N) is 2. The van der Waals surface area contributed by atoms with Crippen LogP contribution in [0.25, 0.3) is 0 Å². The summed E-state index contributed by atoms with van der Waals surface area (Å²) in [6.45, 7) is 10.2. The summed E-state index contributed by atoms with van der Waals surface area (Å²) < 4.78 is 0. The van der Waals surface area contributed by atoms with Crippen molar-refractivity contribution in [3.05, 3.63) is 35.9 Å². The zero-order valence-corrected chi connectivity index (χ0v) is 19.0. The highest BCUT2D eigenvalue weighted by Gasteiger charge is 2.22. The van der Waals surface area contributed by atoms with Crippen molar-refractivity contribution in [3.63, 3.8) is 0 Å². The van der Waals surface area contributed by atoms with Crippen LogP contribution in [0.3, 0.4) is 0 Å². The van der Waals surface area contributed by atoms with Gasteiger partial charge in [-0.25, -0.2) is 0 Å². The molecular weight excluding hydrogens is 435 g/mol. The van der Waals surface area contributed by atoms with Crippen LogP contribution in [-0.2, 0) is 6.42 Å². The summed E-state index contributed by atoms with van der Waals surface area (Å²) in [5.41, 5.74) is 1.44. The van der Waals surface area contributed by atoms with Gasteiger partial charge in [0.05, 0.1) is 0 Å². The quantitative estimate of drug-likeness (QED) is 0.249. The molecule has 0 radical (unpaired) electrons. The molecule has 0 saturated carbocycles. The Bertz CT molecular complexity index is 504. The lowest BCUT2D eigenvalue weighted by molar-refractivity contribution is 0.328. The van der Waals surface area contributed by atoms with E-state index < -0.39 is 0 Å². The Morgan fingerprint density at radius 3 is 2.69 bits per heavy atom. The van der Waals surface area contributed by atoms with Crippen molar-refractivity contribution >= 4 is 29.9 Å². The van der Waals surface area contributed by atoms with Crippen molar-refractivity contribution in [1.82, 2.24) is 15.5 Å². The first-order chi connectivity index (χ1) is 12.2. The van der Waals surface area contributed by atoms with Crippen LogP contribution >= 0.6 is 24.0 Å². The fourth-order valence-electron chi connectivity index (χ4n) is 3.39. The highest BCUT2D eigenvalue weighted by atomic mass is 127. The molecule has 2 rings (SSSR count). The molecule has 5 heteroatoms. The molecular formula is C21H37IN4. The van der Waals surface area contributed by atoms with Gasteiger partial charge in [-0.15, -0.1) is 24.0 Å². The monoisotopic (exact) mass is 472 g/mol.